The van der Waals surface area contributed by atoms with E-state index in [-0.39, 0.29) is 23.3 Å². The first-order valence-corrected chi connectivity index (χ1v) is 12.7. The quantitative estimate of drug-likeness (QED) is 0.542. The van der Waals surface area contributed by atoms with Gasteiger partial charge in [0.1, 0.15) is 6.33 Å². The summed E-state index contributed by atoms with van der Waals surface area (Å²) in [5, 5.41) is 10.6. The second-order valence-corrected chi connectivity index (χ2v) is 10.3. The van der Waals surface area contributed by atoms with E-state index in [4.69, 9.17) is 9.47 Å². The van der Waals surface area contributed by atoms with Crippen LogP contribution in [0.1, 0.15) is 17.4 Å². The number of carbonyl (C=O) groups excluding carboxylic acids is 1. The first-order chi connectivity index (χ1) is 16.9. The second-order valence-electron chi connectivity index (χ2n) is 8.28. The van der Waals surface area contributed by atoms with Gasteiger partial charge in [-0.05, 0) is 48.0 Å². The number of aromatic nitrogens is 2. The van der Waals surface area contributed by atoms with E-state index >= 15 is 0 Å². The van der Waals surface area contributed by atoms with Gasteiger partial charge >= 0.3 is 0 Å². The van der Waals surface area contributed by atoms with E-state index in [2.05, 4.69) is 14.9 Å². The van der Waals surface area contributed by atoms with Crippen LogP contribution in [0, 0.1) is 0 Å². The van der Waals surface area contributed by atoms with Crippen molar-refractivity contribution in [3.8, 4) is 11.5 Å². The number of nitrogens with zero attached hydrogens (tertiary/aromatic N) is 4. The van der Waals surface area contributed by atoms with Crippen molar-refractivity contribution < 1.29 is 27.8 Å². The third-order valence-corrected chi connectivity index (χ3v) is 7.75. The van der Waals surface area contributed by atoms with Gasteiger partial charge in [-0.2, -0.15) is 0 Å². The van der Waals surface area contributed by atoms with Gasteiger partial charge in [0, 0.05) is 38.1 Å². The summed E-state index contributed by atoms with van der Waals surface area (Å²) < 4.78 is 36.0. The van der Waals surface area contributed by atoms with Crippen LogP contribution in [0.3, 0.4) is 0 Å². The van der Waals surface area contributed by atoms with Gasteiger partial charge in [-0.1, -0.05) is 6.07 Å². The van der Waals surface area contributed by atoms with E-state index in [1.165, 1.54) is 12.5 Å². The van der Waals surface area contributed by atoms with Crippen LogP contribution in [-0.4, -0.2) is 67.3 Å². The molecule has 2 aromatic carbocycles. The number of carbonyl (C=O) groups is 1. The van der Waals surface area contributed by atoms with Crippen molar-refractivity contribution in [3.63, 3.8) is 0 Å². The number of amides is 1. The highest BCUT2D eigenvalue weighted by Crippen LogP contribution is 2.34. The van der Waals surface area contributed by atoms with Crippen molar-refractivity contribution in [1.82, 2.24) is 14.9 Å². The molecule has 2 aliphatic heterocycles. The van der Waals surface area contributed by atoms with Gasteiger partial charge in [-0.3, -0.25) is 4.79 Å². The molecule has 3 heterocycles. The van der Waals surface area contributed by atoms with Crippen LogP contribution in [0.15, 0.2) is 66.0 Å². The molecule has 1 amide bonds. The molecular weight excluding hydrogens is 472 g/mol. The monoisotopic (exact) mass is 496 g/mol. The van der Waals surface area contributed by atoms with E-state index in [0.29, 0.717) is 48.9 Å². The Bertz CT molecular complexity index is 1310. The highest BCUT2D eigenvalue weighted by atomic mass is 32.2. The van der Waals surface area contributed by atoms with Crippen molar-refractivity contribution in [2.45, 2.75) is 16.8 Å². The van der Waals surface area contributed by atoms with E-state index in [0.717, 1.165) is 5.69 Å². The summed E-state index contributed by atoms with van der Waals surface area (Å²) in [5.74, 6) is 0.549. The molecule has 0 aliphatic carbocycles. The average molecular weight is 497 g/mol. The van der Waals surface area contributed by atoms with E-state index in [9.17, 15) is 18.3 Å². The SMILES string of the molecule is O=C(C(O)c1ccc2c(c1)OCO2)N1CCN(c2ccc(S(=O)(=O)Cc3ccncn3)cc2)CC1. The molecule has 11 heteroatoms. The molecule has 1 atom stereocenters. The Morgan fingerprint density at radius 1 is 1.00 bits per heavy atom. The average Bonchev–Trinajstić information content (AvgIpc) is 3.36. The summed E-state index contributed by atoms with van der Waals surface area (Å²) in [6, 6.07) is 13.3. The number of aliphatic hydroxyl groups excluding tert-OH is 1. The van der Waals surface area contributed by atoms with Crippen molar-refractivity contribution in [1.29, 1.82) is 0 Å². The molecule has 10 nitrogen and oxygen atoms in total. The summed E-state index contributed by atoms with van der Waals surface area (Å²) in [6.07, 6.45) is 1.56. The zero-order valence-corrected chi connectivity index (χ0v) is 19.6. The largest absolute Gasteiger partial charge is 0.454 e. The first-order valence-electron chi connectivity index (χ1n) is 11.1. The highest BCUT2D eigenvalue weighted by molar-refractivity contribution is 7.90. The Kier molecular flexibility index (Phi) is 6.27. The minimum Gasteiger partial charge on any atom is -0.454 e. The third-order valence-electron chi connectivity index (χ3n) is 6.08. The van der Waals surface area contributed by atoms with Gasteiger partial charge in [0.25, 0.3) is 5.91 Å². The Morgan fingerprint density at radius 2 is 1.74 bits per heavy atom. The van der Waals surface area contributed by atoms with Gasteiger partial charge in [0.05, 0.1) is 16.3 Å². The van der Waals surface area contributed by atoms with Gasteiger partial charge < -0.3 is 24.4 Å². The number of piperazine rings is 1. The van der Waals surface area contributed by atoms with Crippen LogP contribution in [-0.2, 0) is 20.4 Å². The second kappa shape index (κ2) is 9.51. The Hall–Kier alpha value is -3.70. The predicted molar refractivity (Wildman–Crippen MR) is 126 cm³/mol. The molecule has 1 fully saturated rings. The minimum atomic E-state index is -3.53. The summed E-state index contributed by atoms with van der Waals surface area (Å²) in [4.78, 5) is 24.6. The fourth-order valence-electron chi connectivity index (χ4n) is 4.13. The molecule has 35 heavy (non-hydrogen) atoms. The van der Waals surface area contributed by atoms with E-state index in [1.807, 2.05) is 0 Å². The lowest BCUT2D eigenvalue weighted by atomic mass is 10.1. The number of hydrogen-bond donors (Lipinski definition) is 1. The maximum absolute atomic E-state index is 12.9. The first kappa shape index (κ1) is 23.1. The number of ether oxygens (including phenoxy) is 2. The molecule has 0 spiro atoms. The molecule has 0 bridgehead atoms. The molecule has 1 N–H and O–H groups in total. The number of rotatable bonds is 6. The Balaban J connectivity index is 1.19. The van der Waals surface area contributed by atoms with Crippen LogP contribution in [0.5, 0.6) is 11.5 Å². The zero-order valence-electron chi connectivity index (χ0n) is 18.8. The maximum Gasteiger partial charge on any atom is 0.256 e. The molecular formula is C24H24N4O6S. The fourth-order valence-corrected chi connectivity index (χ4v) is 5.41. The number of fused-ring (bicyclic) bond motifs is 1. The van der Waals surface area contributed by atoms with Gasteiger partial charge in [0.2, 0.25) is 6.79 Å². The summed E-state index contributed by atoms with van der Waals surface area (Å²) in [7, 11) is -3.53. The van der Waals surface area contributed by atoms with Crippen LogP contribution in [0.25, 0.3) is 0 Å². The van der Waals surface area contributed by atoms with Crippen LogP contribution in [0.2, 0.25) is 0 Å². The lowest BCUT2D eigenvalue weighted by molar-refractivity contribution is -0.140. The topological polar surface area (TPSA) is 122 Å². The van der Waals surface area contributed by atoms with Crippen LogP contribution >= 0.6 is 0 Å². The molecule has 0 radical (unpaired) electrons. The van der Waals surface area contributed by atoms with E-state index in [1.54, 1.807) is 53.4 Å². The predicted octanol–water partition coefficient (Wildman–Crippen LogP) is 1.56. The van der Waals surface area contributed by atoms with E-state index < -0.39 is 15.9 Å². The molecule has 5 rings (SSSR count). The fraction of sp³-hybridized carbons (Fsp3) is 0.292. The standard InChI is InChI=1S/C24H24N4O6S/c29-23(17-1-6-21-22(13-17)34-16-33-21)24(30)28-11-9-27(10-12-28)19-2-4-20(5-3-19)35(31,32)14-18-7-8-25-15-26-18/h1-8,13,15,23,29H,9-12,14,16H2. The summed E-state index contributed by atoms with van der Waals surface area (Å²) in [6.45, 7) is 2.13. The normalized spacial score (nSPS) is 16.3. The zero-order chi connectivity index (χ0) is 24.4. The molecule has 3 aromatic rings. The lowest BCUT2D eigenvalue weighted by Crippen LogP contribution is -2.50. The van der Waals surface area contributed by atoms with Crippen LogP contribution < -0.4 is 14.4 Å². The van der Waals surface area contributed by atoms with Crippen molar-refractivity contribution >= 4 is 21.4 Å². The van der Waals surface area contributed by atoms with Crippen molar-refractivity contribution in [2.75, 3.05) is 37.9 Å². The Labute approximate surface area is 202 Å². The van der Waals surface area contributed by atoms with Crippen LogP contribution in [0.4, 0.5) is 5.69 Å². The minimum absolute atomic E-state index is 0.125. The number of aliphatic hydroxyl groups is 1. The molecule has 2 aliphatic rings. The molecule has 1 aromatic heterocycles. The smallest absolute Gasteiger partial charge is 0.256 e. The molecule has 182 valence electrons. The third kappa shape index (κ3) is 4.91. The van der Waals surface area contributed by atoms with Gasteiger partial charge in [-0.25, -0.2) is 18.4 Å². The Morgan fingerprint density at radius 3 is 2.46 bits per heavy atom. The molecule has 1 unspecified atom stereocenters. The molecule has 1 saturated heterocycles. The van der Waals surface area contributed by atoms with Crippen molar-refractivity contribution in [2.24, 2.45) is 0 Å². The lowest BCUT2D eigenvalue weighted by Gasteiger charge is -2.37. The number of anilines is 1. The van der Waals surface area contributed by atoms with Gasteiger partial charge in [0.15, 0.2) is 27.4 Å². The summed E-state index contributed by atoms with van der Waals surface area (Å²) >= 11 is 0. The maximum atomic E-state index is 12.9. The van der Waals surface area contributed by atoms with Gasteiger partial charge in [-0.15, -0.1) is 0 Å². The summed E-state index contributed by atoms with van der Waals surface area (Å²) in [5.41, 5.74) is 1.77. The molecule has 0 saturated carbocycles. The number of sulfone groups is 1. The highest BCUT2D eigenvalue weighted by Gasteiger charge is 2.28. The number of benzene rings is 2. The number of hydrogen-bond acceptors (Lipinski definition) is 9. The van der Waals surface area contributed by atoms with Crippen molar-refractivity contribution in [3.05, 3.63) is 72.3 Å².